The van der Waals surface area contributed by atoms with Gasteiger partial charge in [0.05, 0.1) is 6.54 Å². The summed E-state index contributed by atoms with van der Waals surface area (Å²) in [5, 5.41) is 8.79. The molecule has 1 aromatic heterocycles. The quantitative estimate of drug-likeness (QED) is 0.644. The number of nitrogens with zero attached hydrogens (tertiary/aromatic N) is 4. The summed E-state index contributed by atoms with van der Waals surface area (Å²) in [6, 6.07) is 0. The molecule has 1 heterocycles. The van der Waals surface area contributed by atoms with Gasteiger partial charge in [0.15, 0.2) is 0 Å². The number of rotatable bonds is 8. The Bertz CT molecular complexity index is 462. The molecule has 0 radical (unpaired) electrons. The molecule has 0 saturated carbocycles. The summed E-state index contributed by atoms with van der Waals surface area (Å²) < 4.78 is 0. The van der Waals surface area contributed by atoms with Gasteiger partial charge in [-0.25, -0.2) is 0 Å². The van der Waals surface area contributed by atoms with Crippen LogP contribution in [-0.2, 0) is 4.79 Å². The summed E-state index contributed by atoms with van der Waals surface area (Å²) >= 11 is 0. The van der Waals surface area contributed by atoms with Crippen molar-refractivity contribution in [3.8, 4) is 0 Å². The molecule has 8 heteroatoms. The molecule has 8 nitrogen and oxygen atoms in total. The van der Waals surface area contributed by atoms with Crippen LogP contribution in [0.25, 0.3) is 0 Å². The standard InChI is InChI=1S/C13H25N7O/c1-6-14-11-17-12(19-13(18-11)20(4)5)16-8-10(21)15-7-9(2)3/h9H,6-8H2,1-5H3,(H,15,21)(H2,14,16,17,18,19). The SMILES string of the molecule is CCNc1nc(NCC(=O)NCC(C)C)nc(N(C)C)n1. The van der Waals surface area contributed by atoms with E-state index in [-0.39, 0.29) is 12.5 Å². The number of carbonyl (C=O) groups is 1. The second-order valence-corrected chi connectivity index (χ2v) is 5.26. The number of carbonyl (C=O) groups excluding carboxylic acids is 1. The summed E-state index contributed by atoms with van der Waals surface area (Å²) in [4.78, 5) is 26.2. The highest BCUT2D eigenvalue weighted by Gasteiger charge is 2.09. The van der Waals surface area contributed by atoms with Gasteiger partial charge in [-0.3, -0.25) is 4.79 Å². The molecule has 0 aromatic carbocycles. The van der Waals surface area contributed by atoms with E-state index in [1.54, 1.807) is 4.90 Å². The van der Waals surface area contributed by atoms with E-state index in [0.717, 1.165) is 0 Å². The highest BCUT2D eigenvalue weighted by molar-refractivity contribution is 5.80. The van der Waals surface area contributed by atoms with Gasteiger partial charge >= 0.3 is 0 Å². The Morgan fingerprint density at radius 3 is 2.29 bits per heavy atom. The van der Waals surface area contributed by atoms with Crippen LogP contribution in [0, 0.1) is 5.92 Å². The summed E-state index contributed by atoms with van der Waals surface area (Å²) in [5.41, 5.74) is 0. The van der Waals surface area contributed by atoms with Crippen molar-refractivity contribution in [3.05, 3.63) is 0 Å². The second kappa shape index (κ2) is 8.23. The van der Waals surface area contributed by atoms with Gasteiger partial charge in [0.2, 0.25) is 23.8 Å². The average molecular weight is 295 g/mol. The fourth-order valence-electron chi connectivity index (χ4n) is 1.42. The van der Waals surface area contributed by atoms with Crippen LogP contribution in [0.3, 0.4) is 0 Å². The van der Waals surface area contributed by atoms with E-state index in [4.69, 9.17) is 0 Å². The van der Waals surface area contributed by atoms with Crippen molar-refractivity contribution in [2.24, 2.45) is 5.92 Å². The van der Waals surface area contributed by atoms with Gasteiger partial charge in [0.25, 0.3) is 0 Å². The van der Waals surface area contributed by atoms with Crippen LogP contribution < -0.4 is 20.9 Å². The van der Waals surface area contributed by atoms with E-state index < -0.39 is 0 Å². The monoisotopic (exact) mass is 295 g/mol. The van der Waals surface area contributed by atoms with Gasteiger partial charge in [-0.15, -0.1) is 0 Å². The van der Waals surface area contributed by atoms with Crippen LogP contribution in [0.15, 0.2) is 0 Å². The van der Waals surface area contributed by atoms with Crippen molar-refractivity contribution in [3.63, 3.8) is 0 Å². The minimum absolute atomic E-state index is 0.0829. The Hall–Kier alpha value is -2.12. The minimum Gasteiger partial charge on any atom is -0.354 e. The molecule has 0 saturated heterocycles. The zero-order valence-corrected chi connectivity index (χ0v) is 13.4. The maximum atomic E-state index is 11.7. The van der Waals surface area contributed by atoms with Crippen molar-refractivity contribution < 1.29 is 4.79 Å². The van der Waals surface area contributed by atoms with Crippen LogP contribution in [0.1, 0.15) is 20.8 Å². The molecular formula is C13H25N7O. The molecule has 3 N–H and O–H groups in total. The molecule has 0 fully saturated rings. The number of amides is 1. The van der Waals surface area contributed by atoms with E-state index in [1.807, 2.05) is 34.9 Å². The summed E-state index contributed by atoms with van der Waals surface area (Å²) in [5.74, 6) is 1.74. The third kappa shape index (κ3) is 6.24. The predicted octanol–water partition coefficient (Wildman–Crippen LogP) is 0.554. The van der Waals surface area contributed by atoms with Gasteiger partial charge in [-0.05, 0) is 12.8 Å². The molecule has 0 spiro atoms. The maximum Gasteiger partial charge on any atom is 0.239 e. The molecule has 0 unspecified atom stereocenters. The van der Waals surface area contributed by atoms with E-state index in [0.29, 0.717) is 36.9 Å². The Morgan fingerprint density at radius 1 is 1.14 bits per heavy atom. The average Bonchev–Trinajstić information content (AvgIpc) is 2.43. The molecule has 0 aliphatic heterocycles. The third-order valence-corrected chi connectivity index (χ3v) is 2.47. The molecule has 0 atom stereocenters. The van der Waals surface area contributed by atoms with E-state index >= 15 is 0 Å². The predicted molar refractivity (Wildman–Crippen MR) is 84.7 cm³/mol. The zero-order chi connectivity index (χ0) is 15.8. The van der Waals surface area contributed by atoms with E-state index in [9.17, 15) is 4.79 Å². The lowest BCUT2D eigenvalue weighted by Gasteiger charge is -2.14. The topological polar surface area (TPSA) is 95.1 Å². The van der Waals surface area contributed by atoms with Gasteiger partial charge in [0.1, 0.15) is 0 Å². The first-order valence-electron chi connectivity index (χ1n) is 7.10. The first-order chi connectivity index (χ1) is 9.92. The third-order valence-electron chi connectivity index (χ3n) is 2.47. The van der Waals surface area contributed by atoms with Crippen molar-refractivity contribution in [2.45, 2.75) is 20.8 Å². The van der Waals surface area contributed by atoms with Crippen LogP contribution in [0.4, 0.5) is 17.8 Å². The van der Waals surface area contributed by atoms with Gasteiger partial charge in [-0.1, -0.05) is 13.8 Å². The highest BCUT2D eigenvalue weighted by atomic mass is 16.1. The summed E-state index contributed by atoms with van der Waals surface area (Å²) in [6.45, 7) is 7.56. The molecule has 0 bridgehead atoms. The van der Waals surface area contributed by atoms with Crippen LogP contribution in [-0.4, -0.2) is 54.6 Å². The molecule has 21 heavy (non-hydrogen) atoms. The Balaban J connectivity index is 2.66. The Kier molecular flexibility index (Phi) is 6.64. The smallest absolute Gasteiger partial charge is 0.239 e. The summed E-state index contributed by atoms with van der Waals surface area (Å²) in [6.07, 6.45) is 0. The first kappa shape index (κ1) is 16.9. The zero-order valence-electron chi connectivity index (χ0n) is 13.4. The lowest BCUT2D eigenvalue weighted by atomic mass is 10.2. The molecule has 0 aliphatic carbocycles. The van der Waals surface area contributed by atoms with E-state index in [2.05, 4.69) is 30.9 Å². The molecule has 1 rings (SSSR count). The Morgan fingerprint density at radius 2 is 1.76 bits per heavy atom. The van der Waals surface area contributed by atoms with E-state index in [1.165, 1.54) is 0 Å². The lowest BCUT2D eigenvalue weighted by Crippen LogP contribution is -2.33. The van der Waals surface area contributed by atoms with Crippen LogP contribution in [0.5, 0.6) is 0 Å². The molecule has 1 amide bonds. The van der Waals surface area contributed by atoms with Crippen LogP contribution in [0.2, 0.25) is 0 Å². The minimum atomic E-state index is -0.0829. The number of hydrogen-bond donors (Lipinski definition) is 3. The molecule has 0 aliphatic rings. The van der Waals surface area contributed by atoms with Crippen molar-refractivity contribution in [1.29, 1.82) is 0 Å². The lowest BCUT2D eigenvalue weighted by molar-refractivity contribution is -0.119. The van der Waals surface area contributed by atoms with Gasteiger partial charge < -0.3 is 20.9 Å². The Labute approximate surface area is 125 Å². The van der Waals surface area contributed by atoms with Crippen LogP contribution >= 0.6 is 0 Å². The summed E-state index contributed by atoms with van der Waals surface area (Å²) in [7, 11) is 3.70. The normalized spacial score (nSPS) is 10.4. The van der Waals surface area contributed by atoms with Crippen molar-refractivity contribution >= 4 is 23.8 Å². The van der Waals surface area contributed by atoms with Gasteiger partial charge in [-0.2, -0.15) is 15.0 Å². The molecular weight excluding hydrogens is 270 g/mol. The number of anilines is 3. The fourth-order valence-corrected chi connectivity index (χ4v) is 1.42. The fraction of sp³-hybridized carbons (Fsp3) is 0.692. The second-order valence-electron chi connectivity index (χ2n) is 5.26. The number of hydrogen-bond acceptors (Lipinski definition) is 7. The first-order valence-corrected chi connectivity index (χ1v) is 7.10. The highest BCUT2D eigenvalue weighted by Crippen LogP contribution is 2.10. The largest absolute Gasteiger partial charge is 0.354 e. The van der Waals surface area contributed by atoms with Crippen molar-refractivity contribution in [2.75, 3.05) is 49.3 Å². The van der Waals surface area contributed by atoms with Gasteiger partial charge in [0, 0.05) is 27.2 Å². The maximum absolute atomic E-state index is 11.7. The number of aromatic nitrogens is 3. The number of nitrogens with one attached hydrogen (secondary N) is 3. The van der Waals surface area contributed by atoms with Crippen molar-refractivity contribution in [1.82, 2.24) is 20.3 Å². The molecule has 1 aromatic rings. The molecule has 118 valence electrons.